The summed E-state index contributed by atoms with van der Waals surface area (Å²) < 4.78 is 0. The van der Waals surface area contributed by atoms with Crippen molar-refractivity contribution in [3.63, 3.8) is 0 Å². The average Bonchev–Trinajstić information content (AvgIpc) is 3.08. The molecule has 2 aromatic rings. The maximum Gasteiger partial charge on any atom is 0.273 e. The number of non-ortho nitro benzene ring substituents is 1. The van der Waals surface area contributed by atoms with E-state index in [1.165, 1.54) is 19.1 Å². The fourth-order valence-corrected chi connectivity index (χ4v) is 5.90. The Bertz CT molecular complexity index is 1210. The summed E-state index contributed by atoms with van der Waals surface area (Å²) in [5, 5.41) is 12.8. The van der Waals surface area contributed by atoms with Gasteiger partial charge in [-0.25, -0.2) is 5.01 Å². The highest BCUT2D eigenvalue weighted by Gasteiger charge is 2.55. The Hall–Kier alpha value is -2.92. The molecular formula is C25H23Br2N3O6. The summed E-state index contributed by atoms with van der Waals surface area (Å²) in [6.45, 7) is 3.34. The summed E-state index contributed by atoms with van der Waals surface area (Å²) in [4.78, 5) is 64.5. The molecule has 0 spiro atoms. The highest BCUT2D eigenvalue weighted by Crippen LogP contribution is 2.44. The van der Waals surface area contributed by atoms with Crippen LogP contribution in [0.1, 0.15) is 46.0 Å². The fourth-order valence-electron chi connectivity index (χ4n) is 4.66. The van der Waals surface area contributed by atoms with E-state index in [1.807, 2.05) is 6.92 Å². The largest absolute Gasteiger partial charge is 0.292 e. The molecule has 11 heteroatoms. The summed E-state index contributed by atoms with van der Waals surface area (Å²) in [5.41, 5.74) is 1.07. The first-order valence-electron chi connectivity index (χ1n) is 11.4. The van der Waals surface area contributed by atoms with Crippen LogP contribution in [0.2, 0.25) is 0 Å². The third-order valence-corrected chi connectivity index (χ3v) is 9.45. The number of alkyl halides is 2. The molecule has 9 nitrogen and oxygen atoms in total. The SMILES string of the molecule is Cc1ccc(C(=O)[C@H](C)N(C(=O)c2ccc([N+](=O)[O-])cc2)N2C(=O)[C@H]3C[C@@H](Br)[C@@H](Br)C[C@H]3C2=O)cc1. The van der Waals surface area contributed by atoms with Gasteiger partial charge in [-0.15, -0.1) is 0 Å². The first kappa shape index (κ1) is 26.2. The number of halogens is 2. The highest BCUT2D eigenvalue weighted by molar-refractivity contribution is 9.12. The lowest BCUT2D eigenvalue weighted by molar-refractivity contribution is -0.384. The number of ketones is 1. The number of nitro groups is 1. The van der Waals surface area contributed by atoms with Gasteiger partial charge in [0.05, 0.1) is 16.8 Å². The number of imide groups is 1. The van der Waals surface area contributed by atoms with E-state index in [2.05, 4.69) is 31.9 Å². The Kier molecular flexibility index (Phi) is 7.42. The van der Waals surface area contributed by atoms with E-state index >= 15 is 0 Å². The molecule has 5 atom stereocenters. The zero-order valence-electron chi connectivity index (χ0n) is 19.5. The van der Waals surface area contributed by atoms with Crippen molar-refractivity contribution in [2.24, 2.45) is 11.8 Å². The van der Waals surface area contributed by atoms with Crippen LogP contribution < -0.4 is 0 Å². The van der Waals surface area contributed by atoms with Crippen LogP contribution in [0.3, 0.4) is 0 Å². The summed E-state index contributed by atoms with van der Waals surface area (Å²) in [6, 6.07) is 10.4. The fraction of sp³-hybridized carbons (Fsp3) is 0.360. The van der Waals surface area contributed by atoms with Crippen molar-refractivity contribution < 1.29 is 24.1 Å². The lowest BCUT2D eigenvalue weighted by Gasteiger charge is -2.34. The van der Waals surface area contributed by atoms with Gasteiger partial charge in [0.25, 0.3) is 23.4 Å². The second kappa shape index (κ2) is 10.2. The smallest absolute Gasteiger partial charge is 0.273 e. The summed E-state index contributed by atoms with van der Waals surface area (Å²) in [7, 11) is 0. The van der Waals surface area contributed by atoms with E-state index in [0.717, 1.165) is 27.7 Å². The molecule has 1 heterocycles. The van der Waals surface area contributed by atoms with Gasteiger partial charge in [-0.05, 0) is 38.8 Å². The molecule has 1 aliphatic heterocycles. The van der Waals surface area contributed by atoms with Gasteiger partial charge >= 0.3 is 0 Å². The van der Waals surface area contributed by atoms with Crippen LogP contribution in [0.15, 0.2) is 48.5 Å². The minimum absolute atomic E-state index is 0.0105. The van der Waals surface area contributed by atoms with Gasteiger partial charge in [0, 0.05) is 32.9 Å². The summed E-state index contributed by atoms with van der Waals surface area (Å²) >= 11 is 7.10. The van der Waals surface area contributed by atoms with Gasteiger partial charge < -0.3 is 0 Å². The van der Waals surface area contributed by atoms with Crippen molar-refractivity contribution in [1.29, 1.82) is 0 Å². The topological polar surface area (TPSA) is 118 Å². The zero-order valence-corrected chi connectivity index (χ0v) is 22.6. The van der Waals surface area contributed by atoms with E-state index in [1.54, 1.807) is 24.3 Å². The van der Waals surface area contributed by atoms with Crippen molar-refractivity contribution in [1.82, 2.24) is 10.0 Å². The van der Waals surface area contributed by atoms with Crippen molar-refractivity contribution in [3.8, 4) is 0 Å². The number of nitro benzene ring substituents is 1. The van der Waals surface area contributed by atoms with Gasteiger partial charge in [0.15, 0.2) is 5.78 Å². The molecule has 2 fully saturated rings. The molecule has 1 saturated carbocycles. The van der Waals surface area contributed by atoms with Gasteiger partial charge in [0.2, 0.25) is 0 Å². The van der Waals surface area contributed by atoms with Crippen LogP contribution in [-0.4, -0.2) is 54.1 Å². The molecular weight excluding hydrogens is 598 g/mol. The monoisotopic (exact) mass is 619 g/mol. The number of carbonyl (C=O) groups is 4. The van der Waals surface area contributed by atoms with Crippen LogP contribution in [0, 0.1) is 28.9 Å². The second-order valence-electron chi connectivity index (χ2n) is 9.06. The number of nitrogens with zero attached hydrogens (tertiary/aromatic N) is 3. The quantitative estimate of drug-likeness (QED) is 0.155. The Balaban J connectivity index is 1.74. The molecule has 4 rings (SSSR count). The summed E-state index contributed by atoms with van der Waals surface area (Å²) in [6.07, 6.45) is 0.809. The number of benzene rings is 2. The van der Waals surface area contributed by atoms with Crippen LogP contribution in [0.25, 0.3) is 0 Å². The molecule has 2 aromatic carbocycles. The number of Topliss-reactive ketones (excluding diaryl/α,β-unsaturated/α-hetero) is 1. The Morgan fingerprint density at radius 1 is 0.944 bits per heavy atom. The lowest BCUT2D eigenvalue weighted by Crippen LogP contribution is -2.56. The molecule has 0 N–H and O–H groups in total. The molecule has 36 heavy (non-hydrogen) atoms. The molecule has 0 radical (unpaired) electrons. The maximum atomic E-state index is 13.7. The molecule has 0 unspecified atom stereocenters. The lowest BCUT2D eigenvalue weighted by atomic mass is 9.81. The zero-order chi connectivity index (χ0) is 26.3. The van der Waals surface area contributed by atoms with Crippen molar-refractivity contribution in [3.05, 3.63) is 75.3 Å². The maximum absolute atomic E-state index is 13.7. The second-order valence-corrected chi connectivity index (χ2v) is 11.4. The van der Waals surface area contributed by atoms with Gasteiger partial charge in [-0.2, -0.15) is 5.01 Å². The van der Waals surface area contributed by atoms with Crippen molar-refractivity contribution in [2.75, 3.05) is 0 Å². The molecule has 1 aliphatic carbocycles. The molecule has 1 saturated heterocycles. The van der Waals surface area contributed by atoms with E-state index in [9.17, 15) is 29.3 Å². The minimum Gasteiger partial charge on any atom is -0.292 e. The first-order valence-corrected chi connectivity index (χ1v) is 13.2. The van der Waals surface area contributed by atoms with Crippen LogP contribution >= 0.6 is 31.9 Å². The molecule has 0 bridgehead atoms. The van der Waals surface area contributed by atoms with E-state index in [0.29, 0.717) is 18.4 Å². The number of fused-ring (bicyclic) bond motifs is 1. The third-order valence-electron chi connectivity index (χ3n) is 6.72. The molecule has 0 aromatic heterocycles. The van der Waals surface area contributed by atoms with E-state index in [4.69, 9.17) is 0 Å². The number of rotatable bonds is 6. The molecule has 3 amide bonds. The minimum atomic E-state index is -1.19. The van der Waals surface area contributed by atoms with Crippen molar-refractivity contribution in [2.45, 2.75) is 42.4 Å². The first-order chi connectivity index (χ1) is 17.0. The number of amides is 3. The number of hydrogen-bond donors (Lipinski definition) is 0. The Labute approximate surface area is 224 Å². The van der Waals surface area contributed by atoms with Crippen molar-refractivity contribution >= 4 is 61.1 Å². The average molecular weight is 621 g/mol. The van der Waals surface area contributed by atoms with Gasteiger partial charge in [-0.1, -0.05) is 61.7 Å². The standard InChI is InChI=1S/C25H23Br2N3O6/c1-13-3-5-15(6-4-13)22(31)14(2)28(23(32)16-7-9-17(10-8-16)30(35)36)29-24(33)18-11-20(26)21(27)12-19(18)25(29)34/h3-10,14,18-21H,11-12H2,1-2H3/t14-,18-,19+,20+,21-/m0/s1. The van der Waals surface area contributed by atoms with Gasteiger partial charge in [-0.3, -0.25) is 29.3 Å². The third kappa shape index (κ3) is 4.73. The molecule has 188 valence electrons. The van der Waals surface area contributed by atoms with Crippen LogP contribution in [0.5, 0.6) is 0 Å². The van der Waals surface area contributed by atoms with Crippen LogP contribution in [-0.2, 0) is 9.59 Å². The Morgan fingerprint density at radius 2 is 1.42 bits per heavy atom. The Morgan fingerprint density at radius 3 is 1.89 bits per heavy atom. The predicted octanol–water partition coefficient (Wildman–Crippen LogP) is 4.45. The van der Waals surface area contributed by atoms with Gasteiger partial charge in [0.1, 0.15) is 6.04 Å². The predicted molar refractivity (Wildman–Crippen MR) is 138 cm³/mol. The van der Waals surface area contributed by atoms with E-state index in [-0.39, 0.29) is 20.9 Å². The highest BCUT2D eigenvalue weighted by atomic mass is 79.9. The van der Waals surface area contributed by atoms with Crippen LogP contribution in [0.4, 0.5) is 5.69 Å². The number of hydrazine groups is 1. The number of carbonyl (C=O) groups excluding carboxylic acids is 4. The normalized spacial score (nSPS) is 24.3. The summed E-state index contributed by atoms with van der Waals surface area (Å²) in [5.74, 6) is -3.53. The van der Waals surface area contributed by atoms with E-state index < -0.39 is 46.3 Å². The molecule has 2 aliphatic rings. The number of hydrogen-bond acceptors (Lipinski definition) is 6. The number of aryl methyl sites for hydroxylation is 1.